The summed E-state index contributed by atoms with van der Waals surface area (Å²) < 4.78 is 141. The number of unbranched alkanes of at least 4 members (excludes halogenated alkanes) is 1. The van der Waals surface area contributed by atoms with Crippen LogP contribution in [0.25, 0.3) is 0 Å². The number of carbonyl (C=O) groups excluding carboxylic acids is 2. The van der Waals surface area contributed by atoms with Crippen LogP contribution in [0.4, 0.5) is 30.7 Å². The van der Waals surface area contributed by atoms with Gasteiger partial charge in [-0.25, -0.2) is 4.79 Å². The fraction of sp³-hybridized carbons (Fsp3) is 0.913. The molecule has 0 radical (unpaired) electrons. The average molecular weight is 601 g/mol. The molecule has 16 heteroatoms. The van der Waals surface area contributed by atoms with Crippen molar-refractivity contribution in [3.63, 3.8) is 0 Å². The van der Waals surface area contributed by atoms with Crippen molar-refractivity contribution in [3.05, 3.63) is 0 Å². The molecule has 0 amide bonds. The van der Waals surface area contributed by atoms with Gasteiger partial charge in [0.2, 0.25) is 0 Å². The van der Waals surface area contributed by atoms with Crippen molar-refractivity contribution < 1.29 is 67.5 Å². The van der Waals surface area contributed by atoms with Crippen LogP contribution in [0.15, 0.2) is 0 Å². The van der Waals surface area contributed by atoms with Crippen LogP contribution in [0.5, 0.6) is 0 Å². The second-order valence-corrected chi connectivity index (χ2v) is 12.3. The van der Waals surface area contributed by atoms with E-state index in [1.165, 1.54) is 6.92 Å². The molecule has 4 aliphatic carbocycles. The van der Waals surface area contributed by atoms with Gasteiger partial charge < -0.3 is 14.2 Å². The summed E-state index contributed by atoms with van der Waals surface area (Å²) >= 11 is 0. The Hall–Kier alpha value is -1.68. The largest absolute Gasteiger partial charge is 0.468 e. The first-order valence-electron chi connectivity index (χ1n) is 12.6. The van der Waals surface area contributed by atoms with Gasteiger partial charge in [-0.1, -0.05) is 6.92 Å². The highest BCUT2D eigenvalue weighted by molar-refractivity contribution is 7.87. The van der Waals surface area contributed by atoms with Crippen LogP contribution >= 0.6 is 0 Å². The molecule has 1 atom stereocenters. The molecule has 0 spiro atoms. The minimum absolute atomic E-state index is 0.111. The van der Waals surface area contributed by atoms with Gasteiger partial charge in [-0.2, -0.15) is 39.2 Å². The molecule has 4 rings (SSSR count). The molecule has 8 nitrogen and oxygen atoms in total. The van der Waals surface area contributed by atoms with E-state index in [0.29, 0.717) is 19.3 Å². The minimum atomic E-state index is -6.48. The van der Waals surface area contributed by atoms with Crippen LogP contribution in [0, 0.1) is 23.2 Å². The molecule has 0 heterocycles. The van der Waals surface area contributed by atoms with Crippen molar-refractivity contribution in [2.45, 2.75) is 94.3 Å². The summed E-state index contributed by atoms with van der Waals surface area (Å²) in [6, 6.07) is 0. The van der Waals surface area contributed by atoms with Crippen molar-refractivity contribution in [1.29, 1.82) is 0 Å². The van der Waals surface area contributed by atoms with Gasteiger partial charge in [0.05, 0.1) is 18.6 Å². The molecule has 0 saturated heterocycles. The maximum atomic E-state index is 14.4. The van der Waals surface area contributed by atoms with Gasteiger partial charge >= 0.3 is 45.2 Å². The fourth-order valence-electron chi connectivity index (χ4n) is 6.27. The number of halogens is 7. The van der Waals surface area contributed by atoms with Gasteiger partial charge in [0.25, 0.3) is 0 Å². The normalized spacial score (nSPS) is 28.7. The molecule has 4 aliphatic rings. The molecular formula is C23H31F7O8S. The maximum absolute atomic E-state index is 14.4. The lowest BCUT2D eigenvalue weighted by atomic mass is 9.49. The highest BCUT2D eigenvalue weighted by Crippen LogP contribution is 2.61. The molecule has 0 aromatic carbocycles. The van der Waals surface area contributed by atoms with Gasteiger partial charge in [-0.15, -0.1) is 0 Å². The Labute approximate surface area is 220 Å². The number of carbonyl (C=O) groups is 2. The van der Waals surface area contributed by atoms with E-state index >= 15 is 0 Å². The summed E-state index contributed by atoms with van der Waals surface area (Å²) in [6.45, 7) is -0.151. The average Bonchev–Trinajstić information content (AvgIpc) is 2.78. The third kappa shape index (κ3) is 6.16. The van der Waals surface area contributed by atoms with Crippen LogP contribution in [-0.4, -0.2) is 61.3 Å². The smallest absolute Gasteiger partial charge is 0.461 e. The Balaban J connectivity index is 1.76. The Bertz CT molecular complexity index is 995. The van der Waals surface area contributed by atoms with Crippen molar-refractivity contribution in [1.82, 2.24) is 0 Å². The number of alkyl halides is 7. The maximum Gasteiger partial charge on any atom is 0.468 e. The zero-order valence-corrected chi connectivity index (χ0v) is 21.9. The Kier molecular flexibility index (Phi) is 8.94. The van der Waals surface area contributed by atoms with Crippen molar-refractivity contribution >= 4 is 22.1 Å². The van der Waals surface area contributed by atoms with E-state index in [1.54, 1.807) is 0 Å². The molecule has 1 N–H and O–H groups in total. The second kappa shape index (κ2) is 11.0. The molecule has 0 aromatic rings. The van der Waals surface area contributed by atoms with E-state index in [2.05, 4.69) is 4.74 Å². The molecule has 0 aliphatic heterocycles. The lowest BCUT2D eigenvalue weighted by Gasteiger charge is -2.55. The molecule has 4 bridgehead atoms. The monoisotopic (exact) mass is 600 g/mol. The topological polar surface area (TPSA) is 116 Å². The molecule has 0 aromatic heterocycles. The van der Waals surface area contributed by atoms with E-state index < -0.39 is 83.1 Å². The molecular weight excluding hydrogens is 569 g/mol. The summed E-state index contributed by atoms with van der Waals surface area (Å²) in [4.78, 5) is 25.9. The molecule has 4 fully saturated rings. The Morgan fingerprint density at radius 3 is 1.85 bits per heavy atom. The predicted octanol–water partition coefficient (Wildman–Crippen LogP) is 5.26. The Morgan fingerprint density at radius 1 is 0.897 bits per heavy atom. The van der Waals surface area contributed by atoms with E-state index in [0.717, 1.165) is 19.3 Å². The quantitative estimate of drug-likeness (QED) is 0.100. The third-order valence-electron chi connectivity index (χ3n) is 7.73. The lowest BCUT2D eigenvalue weighted by Crippen LogP contribution is -2.61. The first-order chi connectivity index (χ1) is 17.8. The highest BCUT2D eigenvalue weighted by atomic mass is 32.2. The number of rotatable bonds is 13. The van der Waals surface area contributed by atoms with Crippen LogP contribution in [0.3, 0.4) is 0 Å². The first kappa shape index (κ1) is 31.8. The van der Waals surface area contributed by atoms with Gasteiger partial charge in [-0.3, -0.25) is 9.35 Å². The highest BCUT2D eigenvalue weighted by Gasteiger charge is 2.70. The number of hydrogen-bond acceptors (Lipinski definition) is 7. The number of hydrogen-bond donors (Lipinski definition) is 1. The summed E-state index contributed by atoms with van der Waals surface area (Å²) in [5.41, 5.74) is -1.23. The minimum Gasteiger partial charge on any atom is -0.461 e. The molecule has 1 unspecified atom stereocenters. The standard InChI is InChI=1S/C23H31F7O8S/c1-2-6-36-18(32)21(22(26,27)28,37-7-4-3-5-20(24,25)23(29,30)39(33,34)35)38-17(31)19-11-14-8-15(12-19)10-16(9-14)13-19/h14-16H,2-13H2,1H3,(H,33,34,35). The zero-order valence-electron chi connectivity index (χ0n) is 21.1. The van der Waals surface area contributed by atoms with Gasteiger partial charge in [0.15, 0.2) is 0 Å². The lowest BCUT2D eigenvalue weighted by molar-refractivity contribution is -0.359. The van der Waals surface area contributed by atoms with E-state index in [4.69, 9.17) is 14.0 Å². The van der Waals surface area contributed by atoms with Gasteiger partial charge in [0, 0.05) is 6.42 Å². The number of esters is 2. The van der Waals surface area contributed by atoms with Crippen molar-refractivity contribution in [2.24, 2.45) is 23.2 Å². The van der Waals surface area contributed by atoms with Crippen LogP contribution in [0.1, 0.15) is 71.1 Å². The summed E-state index contributed by atoms with van der Waals surface area (Å²) in [7, 11) is -6.48. The first-order valence-corrected chi connectivity index (χ1v) is 14.1. The fourth-order valence-corrected chi connectivity index (χ4v) is 6.75. The molecule has 39 heavy (non-hydrogen) atoms. The van der Waals surface area contributed by atoms with E-state index in [9.17, 15) is 48.7 Å². The van der Waals surface area contributed by atoms with E-state index in [1.807, 2.05) is 0 Å². The summed E-state index contributed by atoms with van der Waals surface area (Å²) in [5, 5.41) is -5.84. The Morgan fingerprint density at radius 2 is 1.41 bits per heavy atom. The molecule has 4 saturated carbocycles. The van der Waals surface area contributed by atoms with E-state index in [-0.39, 0.29) is 24.2 Å². The van der Waals surface area contributed by atoms with Crippen LogP contribution in [-0.2, 0) is 33.9 Å². The van der Waals surface area contributed by atoms with Gasteiger partial charge in [0.1, 0.15) is 0 Å². The zero-order chi connectivity index (χ0) is 29.5. The molecule has 226 valence electrons. The summed E-state index contributed by atoms with van der Waals surface area (Å²) in [5.74, 6) is -12.4. The summed E-state index contributed by atoms with van der Waals surface area (Å²) in [6.07, 6.45) is -5.74. The van der Waals surface area contributed by atoms with Crippen LogP contribution < -0.4 is 0 Å². The third-order valence-corrected chi connectivity index (χ3v) is 8.67. The van der Waals surface area contributed by atoms with Crippen molar-refractivity contribution in [3.8, 4) is 0 Å². The predicted molar refractivity (Wildman–Crippen MR) is 118 cm³/mol. The van der Waals surface area contributed by atoms with Crippen LogP contribution in [0.2, 0.25) is 0 Å². The second-order valence-electron chi connectivity index (χ2n) is 10.8. The number of ether oxygens (including phenoxy) is 3. The van der Waals surface area contributed by atoms with Crippen molar-refractivity contribution in [2.75, 3.05) is 13.2 Å². The van der Waals surface area contributed by atoms with Gasteiger partial charge in [-0.05, 0) is 75.5 Å². The SMILES string of the molecule is CCCOC(=O)C(OCCCCC(F)(F)C(F)(F)S(=O)(=O)O)(OC(=O)C12CC3CC(CC(C3)C1)C2)C(F)(F)F.